The molecule has 2 aromatic carbocycles. The highest BCUT2D eigenvalue weighted by Gasteiger charge is 2.50. The van der Waals surface area contributed by atoms with Gasteiger partial charge in [-0.2, -0.15) is 0 Å². The van der Waals surface area contributed by atoms with Gasteiger partial charge < -0.3 is 14.8 Å². The van der Waals surface area contributed by atoms with Crippen molar-refractivity contribution in [3.63, 3.8) is 0 Å². The molecule has 1 aliphatic heterocycles. The second-order valence-electron chi connectivity index (χ2n) is 6.02. The van der Waals surface area contributed by atoms with E-state index < -0.39 is 23.4 Å². The summed E-state index contributed by atoms with van der Waals surface area (Å²) in [6.07, 6.45) is 1.16. The Kier molecular flexibility index (Phi) is 5.35. The lowest BCUT2D eigenvalue weighted by Gasteiger charge is -2.26. The molecule has 6 nitrogen and oxygen atoms in total. The molecule has 6 heteroatoms. The van der Waals surface area contributed by atoms with E-state index in [1.165, 1.54) is 0 Å². The fourth-order valence-electron chi connectivity index (χ4n) is 2.94. The normalized spacial score (nSPS) is 20.2. The van der Waals surface area contributed by atoms with Crippen LogP contribution in [-0.4, -0.2) is 24.5 Å². The Morgan fingerprint density at radius 2 is 1.74 bits per heavy atom. The van der Waals surface area contributed by atoms with Gasteiger partial charge in [-0.15, -0.1) is 0 Å². The minimum Gasteiger partial charge on any atom is -0.463 e. The van der Waals surface area contributed by atoms with E-state index in [-0.39, 0.29) is 18.8 Å². The molecule has 138 valence electrons. The van der Waals surface area contributed by atoms with Crippen LogP contribution < -0.4 is 5.32 Å². The van der Waals surface area contributed by atoms with Crippen LogP contribution in [0.2, 0.25) is 0 Å². The molecule has 0 bridgehead atoms. The van der Waals surface area contributed by atoms with Crippen LogP contribution in [0, 0.1) is 0 Å². The molecular formula is C21H19NO5. The first kappa shape index (κ1) is 18.4. The van der Waals surface area contributed by atoms with Crippen LogP contribution in [-0.2, 0) is 24.6 Å². The highest BCUT2D eigenvalue weighted by atomic mass is 16.6. The number of carbonyl (C=O) groups is 3. The number of esters is 2. The number of ether oxygens (including phenoxy) is 2. The van der Waals surface area contributed by atoms with E-state index in [0.717, 1.165) is 6.08 Å². The van der Waals surface area contributed by atoms with Crippen molar-refractivity contribution in [1.82, 2.24) is 5.32 Å². The average Bonchev–Trinajstić information content (AvgIpc) is 2.99. The van der Waals surface area contributed by atoms with Crippen LogP contribution in [0.15, 0.2) is 72.5 Å². The summed E-state index contributed by atoms with van der Waals surface area (Å²) in [6.45, 7) is 1.90. The summed E-state index contributed by atoms with van der Waals surface area (Å²) in [7, 11) is 0. The van der Waals surface area contributed by atoms with Crippen LogP contribution in [0.1, 0.15) is 29.3 Å². The number of hydrogen-bond acceptors (Lipinski definition) is 5. The van der Waals surface area contributed by atoms with Gasteiger partial charge in [-0.1, -0.05) is 48.5 Å². The molecule has 1 N–H and O–H groups in total. The Hall–Kier alpha value is -3.41. The number of carbonyl (C=O) groups excluding carboxylic acids is 3. The van der Waals surface area contributed by atoms with E-state index in [9.17, 15) is 14.4 Å². The van der Waals surface area contributed by atoms with Crippen LogP contribution in [0.5, 0.6) is 0 Å². The van der Waals surface area contributed by atoms with Gasteiger partial charge in [-0.25, -0.2) is 9.59 Å². The summed E-state index contributed by atoms with van der Waals surface area (Å²) in [5.74, 6) is -1.50. The van der Waals surface area contributed by atoms with E-state index in [2.05, 4.69) is 5.32 Å². The smallest absolute Gasteiger partial charge is 0.342 e. The molecule has 0 aromatic heterocycles. The number of amides is 1. The van der Waals surface area contributed by atoms with Crippen molar-refractivity contribution in [2.24, 2.45) is 0 Å². The van der Waals surface area contributed by atoms with Crippen molar-refractivity contribution in [3.05, 3.63) is 83.6 Å². The van der Waals surface area contributed by atoms with Crippen LogP contribution in [0.25, 0.3) is 0 Å². The molecule has 27 heavy (non-hydrogen) atoms. The monoisotopic (exact) mass is 365 g/mol. The maximum Gasteiger partial charge on any atom is 0.342 e. The SMILES string of the molecule is CCOC(=O)/C=C1\CC(NC(=O)c2ccccc2)(c2ccccc2)C(=O)O1. The van der Waals surface area contributed by atoms with E-state index in [4.69, 9.17) is 9.47 Å². The topological polar surface area (TPSA) is 81.7 Å². The molecule has 1 atom stereocenters. The zero-order valence-electron chi connectivity index (χ0n) is 14.8. The van der Waals surface area contributed by atoms with Gasteiger partial charge in [0, 0.05) is 12.0 Å². The van der Waals surface area contributed by atoms with E-state index in [1.54, 1.807) is 61.5 Å². The first-order valence-corrected chi connectivity index (χ1v) is 8.58. The number of hydrogen-bond donors (Lipinski definition) is 1. The maximum atomic E-state index is 12.8. The summed E-state index contributed by atoms with van der Waals surface area (Å²) >= 11 is 0. The highest BCUT2D eigenvalue weighted by molar-refractivity contribution is 5.99. The molecule has 1 unspecified atom stereocenters. The molecule has 2 aromatic rings. The summed E-state index contributed by atoms with van der Waals surface area (Å²) < 4.78 is 10.2. The molecule has 3 rings (SSSR count). The lowest BCUT2D eigenvalue weighted by molar-refractivity contribution is -0.141. The molecule has 1 heterocycles. The van der Waals surface area contributed by atoms with Crippen LogP contribution in [0.4, 0.5) is 0 Å². The maximum absolute atomic E-state index is 12.8. The molecule has 0 spiro atoms. The van der Waals surface area contributed by atoms with Gasteiger partial charge in [0.2, 0.25) is 0 Å². The molecular weight excluding hydrogens is 346 g/mol. The molecule has 1 saturated heterocycles. The lowest BCUT2D eigenvalue weighted by atomic mass is 9.87. The van der Waals surface area contributed by atoms with E-state index in [0.29, 0.717) is 11.1 Å². The van der Waals surface area contributed by atoms with Crippen molar-refractivity contribution >= 4 is 17.8 Å². The average molecular weight is 365 g/mol. The van der Waals surface area contributed by atoms with Gasteiger partial charge in [0.15, 0.2) is 5.54 Å². The second-order valence-corrected chi connectivity index (χ2v) is 6.02. The van der Waals surface area contributed by atoms with Gasteiger partial charge in [-0.3, -0.25) is 4.79 Å². The summed E-state index contributed by atoms with van der Waals surface area (Å²) in [4.78, 5) is 37.2. The summed E-state index contributed by atoms with van der Waals surface area (Å²) in [6, 6.07) is 17.4. The van der Waals surface area contributed by atoms with Crippen LogP contribution >= 0.6 is 0 Å². The summed E-state index contributed by atoms with van der Waals surface area (Å²) in [5, 5.41) is 2.80. The van der Waals surface area contributed by atoms with Crippen molar-refractivity contribution in [2.45, 2.75) is 18.9 Å². The van der Waals surface area contributed by atoms with Gasteiger partial charge in [0.05, 0.1) is 12.7 Å². The number of rotatable bonds is 5. The Labute approximate surface area is 156 Å². The zero-order chi connectivity index (χ0) is 19.3. The zero-order valence-corrected chi connectivity index (χ0v) is 14.8. The van der Waals surface area contributed by atoms with Crippen molar-refractivity contribution in [2.75, 3.05) is 6.61 Å². The third kappa shape index (κ3) is 3.89. The van der Waals surface area contributed by atoms with Gasteiger partial charge >= 0.3 is 11.9 Å². The fraction of sp³-hybridized carbons (Fsp3) is 0.190. The second kappa shape index (κ2) is 7.86. The Bertz CT molecular complexity index is 876. The number of nitrogens with one attached hydrogen (secondary N) is 1. The highest BCUT2D eigenvalue weighted by Crippen LogP contribution is 2.37. The van der Waals surface area contributed by atoms with Crippen LogP contribution in [0.3, 0.4) is 0 Å². The van der Waals surface area contributed by atoms with E-state index in [1.807, 2.05) is 6.07 Å². The van der Waals surface area contributed by atoms with E-state index >= 15 is 0 Å². The van der Waals surface area contributed by atoms with Gasteiger partial charge in [0.1, 0.15) is 5.76 Å². The lowest BCUT2D eigenvalue weighted by Crippen LogP contribution is -2.49. The van der Waals surface area contributed by atoms with Gasteiger partial charge in [0.25, 0.3) is 5.91 Å². The predicted octanol–water partition coefficient (Wildman–Crippen LogP) is 2.71. The molecule has 1 amide bonds. The number of benzene rings is 2. The molecule has 1 fully saturated rings. The largest absolute Gasteiger partial charge is 0.463 e. The standard InChI is InChI=1S/C21H19NO5/c1-2-26-18(23)13-17-14-21(20(25)27-17,16-11-7-4-8-12-16)22-19(24)15-9-5-3-6-10-15/h3-13H,2,14H2,1H3,(H,22,24)/b17-13+. The summed E-state index contributed by atoms with van der Waals surface area (Å²) in [5.41, 5.74) is -0.415. The molecule has 0 aliphatic carbocycles. The van der Waals surface area contributed by atoms with Crippen molar-refractivity contribution in [3.8, 4) is 0 Å². The minimum atomic E-state index is -1.41. The van der Waals surface area contributed by atoms with Crippen molar-refractivity contribution < 1.29 is 23.9 Å². The first-order valence-electron chi connectivity index (χ1n) is 8.58. The minimum absolute atomic E-state index is 0.0211. The third-order valence-corrected chi connectivity index (χ3v) is 4.21. The molecule has 0 saturated carbocycles. The first-order chi connectivity index (χ1) is 13.0. The Balaban J connectivity index is 1.96. The Morgan fingerprint density at radius 3 is 2.37 bits per heavy atom. The predicted molar refractivity (Wildman–Crippen MR) is 97.5 cm³/mol. The Morgan fingerprint density at radius 1 is 1.11 bits per heavy atom. The van der Waals surface area contributed by atoms with Crippen molar-refractivity contribution in [1.29, 1.82) is 0 Å². The third-order valence-electron chi connectivity index (χ3n) is 4.21. The molecule has 0 radical (unpaired) electrons. The van der Waals surface area contributed by atoms with Gasteiger partial charge in [-0.05, 0) is 24.6 Å². The molecule has 1 aliphatic rings. The number of cyclic esters (lactones) is 1. The fourth-order valence-corrected chi connectivity index (χ4v) is 2.94. The quantitative estimate of drug-likeness (QED) is 0.651.